The molecule has 0 aromatic rings. The van der Waals surface area contributed by atoms with Crippen molar-refractivity contribution in [3.05, 3.63) is 0 Å². The van der Waals surface area contributed by atoms with Gasteiger partial charge in [-0.05, 0) is 39.7 Å². The van der Waals surface area contributed by atoms with Crippen molar-refractivity contribution < 1.29 is 9.53 Å². The van der Waals surface area contributed by atoms with Crippen LogP contribution in [-0.4, -0.2) is 66.7 Å². The Labute approximate surface area is 122 Å². The maximum Gasteiger partial charge on any atom is 0.224 e. The molecule has 0 aromatic heterocycles. The van der Waals surface area contributed by atoms with Gasteiger partial charge >= 0.3 is 0 Å². The van der Waals surface area contributed by atoms with Crippen LogP contribution in [0.25, 0.3) is 0 Å². The molecule has 1 atom stereocenters. The third-order valence-corrected chi connectivity index (χ3v) is 4.03. The fraction of sp³-hybridized carbons (Fsp3) is 0.933. The van der Waals surface area contributed by atoms with E-state index in [9.17, 15) is 4.79 Å². The molecular weight excluding hydrogens is 254 g/mol. The van der Waals surface area contributed by atoms with Gasteiger partial charge in [0.05, 0.1) is 6.10 Å². The van der Waals surface area contributed by atoms with Gasteiger partial charge in [-0.1, -0.05) is 0 Å². The molecule has 20 heavy (non-hydrogen) atoms. The largest absolute Gasteiger partial charge is 0.377 e. The molecule has 2 saturated heterocycles. The van der Waals surface area contributed by atoms with E-state index in [-0.39, 0.29) is 5.91 Å². The SMILES string of the molecule is CC(C)(N)CC(=O)N1CCCN(CC2CCCO2)CC1. The van der Waals surface area contributed by atoms with Gasteiger partial charge in [-0.2, -0.15) is 0 Å². The zero-order valence-corrected chi connectivity index (χ0v) is 12.9. The summed E-state index contributed by atoms with van der Waals surface area (Å²) in [6, 6.07) is 0. The number of ether oxygens (including phenoxy) is 1. The molecule has 1 unspecified atom stereocenters. The van der Waals surface area contributed by atoms with Crippen molar-refractivity contribution in [3.8, 4) is 0 Å². The second-order valence-corrected chi connectivity index (χ2v) is 6.84. The minimum absolute atomic E-state index is 0.191. The highest BCUT2D eigenvalue weighted by Crippen LogP contribution is 2.15. The standard InChI is InChI=1S/C15H29N3O2/c1-15(2,16)11-14(19)18-7-4-6-17(8-9-18)12-13-5-3-10-20-13/h13H,3-12,16H2,1-2H3. The fourth-order valence-electron chi connectivity index (χ4n) is 2.98. The minimum atomic E-state index is -0.416. The van der Waals surface area contributed by atoms with E-state index < -0.39 is 5.54 Å². The highest BCUT2D eigenvalue weighted by atomic mass is 16.5. The van der Waals surface area contributed by atoms with Crippen LogP contribution in [-0.2, 0) is 9.53 Å². The molecule has 0 spiro atoms. The van der Waals surface area contributed by atoms with E-state index in [1.54, 1.807) is 0 Å². The minimum Gasteiger partial charge on any atom is -0.377 e. The molecule has 5 nitrogen and oxygen atoms in total. The maximum atomic E-state index is 12.2. The zero-order chi connectivity index (χ0) is 14.6. The molecule has 0 aliphatic carbocycles. The summed E-state index contributed by atoms with van der Waals surface area (Å²) in [5, 5.41) is 0. The Morgan fingerprint density at radius 1 is 1.25 bits per heavy atom. The zero-order valence-electron chi connectivity index (χ0n) is 12.9. The highest BCUT2D eigenvalue weighted by Gasteiger charge is 2.25. The van der Waals surface area contributed by atoms with Crippen LogP contribution >= 0.6 is 0 Å². The first-order chi connectivity index (χ1) is 9.44. The third-order valence-electron chi connectivity index (χ3n) is 4.03. The summed E-state index contributed by atoms with van der Waals surface area (Å²) < 4.78 is 5.70. The monoisotopic (exact) mass is 283 g/mol. The Morgan fingerprint density at radius 2 is 2.05 bits per heavy atom. The number of hydrogen-bond donors (Lipinski definition) is 1. The molecule has 2 aliphatic rings. The quantitative estimate of drug-likeness (QED) is 0.830. The van der Waals surface area contributed by atoms with Gasteiger partial charge in [-0.15, -0.1) is 0 Å². The van der Waals surface area contributed by atoms with Crippen molar-refractivity contribution >= 4 is 5.91 Å². The molecule has 1 amide bonds. The van der Waals surface area contributed by atoms with Crippen molar-refractivity contribution in [2.75, 3.05) is 39.3 Å². The number of nitrogens with zero attached hydrogens (tertiary/aromatic N) is 2. The van der Waals surface area contributed by atoms with E-state index in [0.29, 0.717) is 12.5 Å². The average Bonchev–Trinajstić information content (AvgIpc) is 2.72. The molecule has 0 bridgehead atoms. The second kappa shape index (κ2) is 6.87. The van der Waals surface area contributed by atoms with E-state index in [0.717, 1.165) is 45.8 Å². The summed E-state index contributed by atoms with van der Waals surface area (Å²) in [4.78, 5) is 16.6. The number of carbonyl (C=O) groups is 1. The molecule has 0 aromatic carbocycles. The maximum absolute atomic E-state index is 12.2. The van der Waals surface area contributed by atoms with Gasteiger partial charge in [0, 0.05) is 44.7 Å². The molecule has 2 N–H and O–H groups in total. The summed E-state index contributed by atoms with van der Waals surface area (Å²) in [5.41, 5.74) is 5.53. The van der Waals surface area contributed by atoms with Crippen molar-refractivity contribution in [2.45, 2.75) is 51.2 Å². The van der Waals surface area contributed by atoms with E-state index in [1.807, 2.05) is 18.7 Å². The van der Waals surface area contributed by atoms with E-state index in [4.69, 9.17) is 10.5 Å². The van der Waals surface area contributed by atoms with Crippen molar-refractivity contribution in [1.29, 1.82) is 0 Å². The van der Waals surface area contributed by atoms with Crippen molar-refractivity contribution in [1.82, 2.24) is 9.80 Å². The number of hydrogen-bond acceptors (Lipinski definition) is 4. The fourth-order valence-corrected chi connectivity index (χ4v) is 2.98. The van der Waals surface area contributed by atoms with Crippen LogP contribution in [0.5, 0.6) is 0 Å². The predicted octanol–water partition coefficient (Wildman–Crippen LogP) is 0.827. The first-order valence-corrected chi connectivity index (χ1v) is 7.85. The second-order valence-electron chi connectivity index (χ2n) is 6.84. The Bertz CT molecular complexity index is 322. The van der Waals surface area contributed by atoms with Crippen molar-refractivity contribution in [2.24, 2.45) is 5.73 Å². The lowest BCUT2D eigenvalue weighted by atomic mass is 10.0. The van der Waals surface area contributed by atoms with Crippen LogP contribution in [0.15, 0.2) is 0 Å². The number of amides is 1. The number of carbonyl (C=O) groups excluding carboxylic acids is 1. The molecule has 2 heterocycles. The highest BCUT2D eigenvalue weighted by molar-refractivity contribution is 5.77. The molecular formula is C15H29N3O2. The van der Waals surface area contributed by atoms with Gasteiger partial charge in [0.15, 0.2) is 0 Å². The number of rotatable bonds is 4. The molecule has 2 rings (SSSR count). The van der Waals surface area contributed by atoms with Crippen LogP contribution in [0.4, 0.5) is 0 Å². The van der Waals surface area contributed by atoms with E-state index >= 15 is 0 Å². The molecule has 5 heteroatoms. The Kier molecular flexibility index (Phi) is 5.41. The normalized spacial score (nSPS) is 25.8. The molecule has 0 saturated carbocycles. The lowest BCUT2D eigenvalue weighted by Crippen LogP contribution is -2.42. The first-order valence-electron chi connectivity index (χ1n) is 7.85. The van der Waals surface area contributed by atoms with E-state index in [1.165, 1.54) is 12.8 Å². The lowest BCUT2D eigenvalue weighted by Gasteiger charge is -2.26. The topological polar surface area (TPSA) is 58.8 Å². The Morgan fingerprint density at radius 3 is 2.70 bits per heavy atom. The molecule has 116 valence electrons. The van der Waals surface area contributed by atoms with Gasteiger partial charge in [0.2, 0.25) is 5.91 Å². The first kappa shape index (κ1) is 15.7. The van der Waals surface area contributed by atoms with Crippen LogP contribution in [0, 0.1) is 0 Å². The van der Waals surface area contributed by atoms with Crippen LogP contribution < -0.4 is 5.73 Å². The van der Waals surface area contributed by atoms with Gasteiger partial charge in [-0.25, -0.2) is 0 Å². The van der Waals surface area contributed by atoms with Gasteiger partial charge in [0.1, 0.15) is 0 Å². The van der Waals surface area contributed by atoms with Gasteiger partial charge in [-0.3, -0.25) is 9.69 Å². The van der Waals surface area contributed by atoms with Gasteiger partial charge < -0.3 is 15.4 Å². The lowest BCUT2D eigenvalue weighted by molar-refractivity contribution is -0.132. The predicted molar refractivity (Wildman–Crippen MR) is 79.5 cm³/mol. The number of nitrogens with two attached hydrogens (primary N) is 1. The smallest absolute Gasteiger partial charge is 0.224 e. The summed E-state index contributed by atoms with van der Waals surface area (Å²) in [6.07, 6.45) is 4.25. The Hall–Kier alpha value is -0.650. The molecule has 2 aliphatic heterocycles. The third kappa shape index (κ3) is 5.04. The summed E-state index contributed by atoms with van der Waals surface area (Å²) in [7, 11) is 0. The molecule has 0 radical (unpaired) electrons. The van der Waals surface area contributed by atoms with Crippen LogP contribution in [0.3, 0.4) is 0 Å². The van der Waals surface area contributed by atoms with E-state index in [2.05, 4.69) is 4.90 Å². The average molecular weight is 283 g/mol. The van der Waals surface area contributed by atoms with Crippen LogP contribution in [0.2, 0.25) is 0 Å². The van der Waals surface area contributed by atoms with Crippen molar-refractivity contribution in [3.63, 3.8) is 0 Å². The summed E-state index contributed by atoms with van der Waals surface area (Å²) in [6.45, 7) is 9.45. The summed E-state index contributed by atoms with van der Waals surface area (Å²) in [5.74, 6) is 0.191. The molecule has 2 fully saturated rings. The summed E-state index contributed by atoms with van der Waals surface area (Å²) >= 11 is 0. The van der Waals surface area contributed by atoms with Gasteiger partial charge in [0.25, 0.3) is 0 Å². The Balaban J connectivity index is 1.77. The van der Waals surface area contributed by atoms with Crippen LogP contribution in [0.1, 0.15) is 39.5 Å².